The first-order valence-corrected chi connectivity index (χ1v) is 6.52. The van der Waals surface area contributed by atoms with Crippen molar-refractivity contribution in [2.24, 2.45) is 0 Å². The molecule has 2 heterocycles. The van der Waals surface area contributed by atoms with E-state index in [2.05, 4.69) is 29.4 Å². The highest BCUT2D eigenvalue weighted by molar-refractivity contribution is 6.15. The number of rotatable bonds is 1. The first kappa shape index (κ1) is 12.0. The molecular formula is C15H16N2O2. The van der Waals surface area contributed by atoms with Crippen molar-refractivity contribution in [3.63, 3.8) is 0 Å². The van der Waals surface area contributed by atoms with Crippen molar-refractivity contribution in [3.05, 3.63) is 34.9 Å². The third kappa shape index (κ3) is 2.26. The first-order valence-electron chi connectivity index (χ1n) is 6.52. The second kappa shape index (κ2) is 4.53. The van der Waals surface area contributed by atoms with Crippen molar-refractivity contribution in [1.29, 1.82) is 0 Å². The van der Waals surface area contributed by atoms with E-state index in [4.69, 9.17) is 0 Å². The molecule has 0 spiro atoms. The summed E-state index contributed by atoms with van der Waals surface area (Å²) in [6.07, 6.45) is 4.23. The molecule has 19 heavy (non-hydrogen) atoms. The summed E-state index contributed by atoms with van der Waals surface area (Å²) in [6.45, 7) is 1.09. The third-order valence-electron chi connectivity index (χ3n) is 3.69. The fraction of sp³-hybridized carbons (Fsp3) is 0.333. The molecule has 0 radical (unpaired) electrons. The highest BCUT2D eigenvalue weighted by Crippen LogP contribution is 2.28. The normalized spacial score (nSPS) is 20.7. The van der Waals surface area contributed by atoms with Crippen molar-refractivity contribution in [2.45, 2.75) is 19.3 Å². The Bertz CT molecular complexity index is 590. The average molecular weight is 256 g/mol. The Morgan fingerprint density at radius 1 is 1.32 bits per heavy atom. The Hall–Kier alpha value is -2.10. The van der Waals surface area contributed by atoms with Crippen LogP contribution in [0.15, 0.2) is 23.8 Å². The molecule has 2 aliphatic rings. The van der Waals surface area contributed by atoms with Crippen LogP contribution in [0.1, 0.15) is 24.0 Å². The number of nitrogens with zero attached hydrogens (tertiary/aromatic N) is 1. The maximum atomic E-state index is 11.5. The molecule has 98 valence electrons. The number of fused-ring (bicyclic) bond motifs is 1. The zero-order valence-corrected chi connectivity index (χ0v) is 10.9. The van der Waals surface area contributed by atoms with Gasteiger partial charge in [0.15, 0.2) is 0 Å². The summed E-state index contributed by atoms with van der Waals surface area (Å²) in [5.74, 6) is -0.478. The minimum atomic E-state index is -0.264. The van der Waals surface area contributed by atoms with Crippen molar-refractivity contribution < 1.29 is 9.59 Å². The van der Waals surface area contributed by atoms with Crippen LogP contribution >= 0.6 is 0 Å². The van der Waals surface area contributed by atoms with E-state index >= 15 is 0 Å². The van der Waals surface area contributed by atoms with E-state index in [1.54, 1.807) is 0 Å². The molecule has 0 bridgehead atoms. The van der Waals surface area contributed by atoms with Gasteiger partial charge in [-0.15, -0.1) is 0 Å². The Labute approximate surface area is 112 Å². The number of anilines is 1. The zero-order valence-electron chi connectivity index (χ0n) is 10.9. The van der Waals surface area contributed by atoms with Gasteiger partial charge in [-0.1, -0.05) is 6.07 Å². The van der Waals surface area contributed by atoms with Crippen LogP contribution in [0.4, 0.5) is 5.69 Å². The van der Waals surface area contributed by atoms with E-state index in [1.807, 2.05) is 12.1 Å². The van der Waals surface area contributed by atoms with E-state index in [0.29, 0.717) is 5.57 Å². The number of hydrogen-bond acceptors (Lipinski definition) is 3. The minimum Gasteiger partial charge on any atom is -0.374 e. The molecule has 2 aliphatic heterocycles. The summed E-state index contributed by atoms with van der Waals surface area (Å²) in [5, 5.41) is 2.30. The highest BCUT2D eigenvalue weighted by Gasteiger charge is 2.23. The smallest absolute Gasteiger partial charge is 0.254 e. The molecule has 3 rings (SSSR count). The molecule has 1 N–H and O–H groups in total. The van der Waals surface area contributed by atoms with Crippen LogP contribution < -0.4 is 10.2 Å². The maximum Gasteiger partial charge on any atom is 0.254 e. The van der Waals surface area contributed by atoms with Gasteiger partial charge in [-0.05, 0) is 42.2 Å². The maximum absolute atomic E-state index is 11.5. The SMILES string of the molecule is CN1CCCc2cc(C=C3CC(=O)NC3=O)ccc21. The second-order valence-corrected chi connectivity index (χ2v) is 5.14. The summed E-state index contributed by atoms with van der Waals surface area (Å²) < 4.78 is 0. The molecule has 1 fully saturated rings. The summed E-state index contributed by atoms with van der Waals surface area (Å²) in [7, 11) is 2.10. The number of imide groups is 1. The predicted octanol–water partition coefficient (Wildman–Crippen LogP) is 1.50. The zero-order chi connectivity index (χ0) is 13.4. The Morgan fingerprint density at radius 2 is 2.16 bits per heavy atom. The quantitative estimate of drug-likeness (QED) is 0.612. The monoisotopic (exact) mass is 256 g/mol. The van der Waals surface area contributed by atoms with E-state index < -0.39 is 0 Å². The molecule has 0 unspecified atom stereocenters. The van der Waals surface area contributed by atoms with Gasteiger partial charge in [0.2, 0.25) is 5.91 Å². The van der Waals surface area contributed by atoms with Crippen molar-refractivity contribution in [2.75, 3.05) is 18.5 Å². The van der Waals surface area contributed by atoms with Gasteiger partial charge < -0.3 is 4.90 Å². The summed E-state index contributed by atoms with van der Waals surface area (Å²) >= 11 is 0. The lowest BCUT2D eigenvalue weighted by Crippen LogP contribution is -2.24. The van der Waals surface area contributed by atoms with Gasteiger partial charge in [0, 0.05) is 24.9 Å². The number of aryl methyl sites for hydroxylation is 1. The van der Waals surface area contributed by atoms with Crippen molar-refractivity contribution in [3.8, 4) is 0 Å². The Kier molecular flexibility index (Phi) is 2.85. The molecule has 1 aromatic rings. The molecule has 4 heteroatoms. The Morgan fingerprint density at radius 3 is 2.89 bits per heavy atom. The lowest BCUT2D eigenvalue weighted by atomic mass is 9.98. The van der Waals surface area contributed by atoms with Crippen LogP contribution in [-0.4, -0.2) is 25.4 Å². The van der Waals surface area contributed by atoms with Crippen LogP contribution in [0.2, 0.25) is 0 Å². The summed E-state index contributed by atoms with van der Waals surface area (Å²) in [4.78, 5) is 24.9. The first-order chi connectivity index (χ1) is 9.13. The molecule has 1 aromatic carbocycles. The van der Waals surface area contributed by atoms with Crippen LogP contribution in [0, 0.1) is 0 Å². The van der Waals surface area contributed by atoms with Crippen LogP contribution in [0.3, 0.4) is 0 Å². The van der Waals surface area contributed by atoms with Gasteiger partial charge >= 0.3 is 0 Å². The fourth-order valence-corrected chi connectivity index (χ4v) is 2.72. The van der Waals surface area contributed by atoms with Gasteiger partial charge in [-0.3, -0.25) is 14.9 Å². The van der Waals surface area contributed by atoms with Crippen molar-refractivity contribution >= 4 is 23.6 Å². The molecular weight excluding hydrogens is 240 g/mol. The lowest BCUT2D eigenvalue weighted by Gasteiger charge is -2.27. The number of carbonyl (C=O) groups is 2. The standard InChI is InChI=1S/C15H16N2O2/c1-17-6-2-3-11-7-10(4-5-13(11)17)8-12-9-14(18)16-15(12)19/h4-5,7-8H,2-3,6,9H2,1H3,(H,16,18,19). The molecule has 2 amide bonds. The molecule has 0 saturated carbocycles. The molecule has 1 saturated heterocycles. The third-order valence-corrected chi connectivity index (χ3v) is 3.69. The van der Waals surface area contributed by atoms with Gasteiger partial charge in [0.25, 0.3) is 5.91 Å². The number of carbonyl (C=O) groups excluding carboxylic acids is 2. The Balaban J connectivity index is 1.93. The second-order valence-electron chi connectivity index (χ2n) is 5.14. The van der Waals surface area contributed by atoms with Crippen LogP contribution in [0.5, 0.6) is 0 Å². The van der Waals surface area contributed by atoms with Crippen molar-refractivity contribution in [1.82, 2.24) is 5.32 Å². The van der Waals surface area contributed by atoms with Crippen LogP contribution in [0.25, 0.3) is 6.08 Å². The average Bonchev–Trinajstić information content (AvgIpc) is 2.68. The minimum absolute atomic E-state index is 0.190. The fourth-order valence-electron chi connectivity index (χ4n) is 2.72. The largest absolute Gasteiger partial charge is 0.374 e. The van der Waals surface area contributed by atoms with Gasteiger partial charge in [-0.2, -0.15) is 0 Å². The summed E-state index contributed by atoms with van der Waals surface area (Å²) in [6, 6.07) is 6.22. The predicted molar refractivity (Wildman–Crippen MR) is 73.8 cm³/mol. The van der Waals surface area contributed by atoms with Crippen LogP contribution in [-0.2, 0) is 16.0 Å². The molecule has 4 nitrogen and oxygen atoms in total. The molecule has 0 aliphatic carbocycles. The van der Waals surface area contributed by atoms with Gasteiger partial charge in [0.05, 0.1) is 6.42 Å². The number of hydrogen-bond donors (Lipinski definition) is 1. The van der Waals surface area contributed by atoms with E-state index in [1.165, 1.54) is 11.3 Å². The topological polar surface area (TPSA) is 49.4 Å². The van der Waals surface area contributed by atoms with E-state index in [9.17, 15) is 9.59 Å². The number of benzene rings is 1. The highest BCUT2D eigenvalue weighted by atomic mass is 16.2. The molecule has 0 aromatic heterocycles. The van der Waals surface area contributed by atoms with Gasteiger partial charge in [-0.25, -0.2) is 0 Å². The van der Waals surface area contributed by atoms with Gasteiger partial charge in [0.1, 0.15) is 0 Å². The summed E-state index contributed by atoms with van der Waals surface area (Å²) in [5.41, 5.74) is 4.12. The number of nitrogens with one attached hydrogen (secondary N) is 1. The molecule has 0 atom stereocenters. The van der Waals surface area contributed by atoms with E-state index in [-0.39, 0.29) is 18.2 Å². The lowest BCUT2D eigenvalue weighted by molar-refractivity contribution is -0.124. The van der Waals surface area contributed by atoms with E-state index in [0.717, 1.165) is 24.9 Å². The number of amides is 2.